The number of aliphatic imine (C=N–C) groups is 1. The van der Waals surface area contributed by atoms with Gasteiger partial charge in [0, 0.05) is 38.3 Å². The van der Waals surface area contributed by atoms with Gasteiger partial charge in [-0.3, -0.25) is 9.59 Å². The minimum absolute atomic E-state index is 0.137. The Labute approximate surface area is 224 Å². The fourth-order valence-corrected chi connectivity index (χ4v) is 4.13. The van der Waals surface area contributed by atoms with Crippen LogP contribution in [0.15, 0.2) is 52.3 Å². The van der Waals surface area contributed by atoms with Gasteiger partial charge < -0.3 is 15.0 Å². The van der Waals surface area contributed by atoms with Gasteiger partial charge in [0.25, 0.3) is 5.91 Å². The highest BCUT2D eigenvalue weighted by atomic mass is 79.9. The number of benzene rings is 2. The first-order chi connectivity index (χ1) is 18.0. The van der Waals surface area contributed by atoms with E-state index in [9.17, 15) is 18.4 Å². The summed E-state index contributed by atoms with van der Waals surface area (Å²) in [5.41, 5.74) is 2.74. The van der Waals surface area contributed by atoms with Crippen LogP contribution in [0.25, 0.3) is 16.7 Å². The highest BCUT2D eigenvalue weighted by molar-refractivity contribution is 9.10. The SMILES string of the molecule is CC(=O)OC(C(=O)Nc1ccc(-n2nc(Br)c3ncnc(/N=C/N(C)C)c32)c(C)c1)c1cc(F)cc(F)c1. The molecule has 0 aliphatic carbocycles. The number of aryl methyl sites for hydroxylation is 1. The van der Waals surface area contributed by atoms with E-state index in [0.29, 0.717) is 44.5 Å². The molecule has 10 nitrogen and oxygen atoms in total. The van der Waals surface area contributed by atoms with Crippen molar-refractivity contribution < 1.29 is 23.1 Å². The summed E-state index contributed by atoms with van der Waals surface area (Å²) in [5.74, 6) is -2.96. The lowest BCUT2D eigenvalue weighted by atomic mass is 10.1. The van der Waals surface area contributed by atoms with E-state index in [1.165, 1.54) is 6.33 Å². The first kappa shape index (κ1) is 26.8. The highest BCUT2D eigenvalue weighted by Gasteiger charge is 2.26. The van der Waals surface area contributed by atoms with Crippen LogP contribution in [0.5, 0.6) is 0 Å². The van der Waals surface area contributed by atoms with Gasteiger partial charge in [-0.1, -0.05) is 0 Å². The average Bonchev–Trinajstić information content (AvgIpc) is 3.17. The monoisotopic (exact) mass is 585 g/mol. The summed E-state index contributed by atoms with van der Waals surface area (Å²) in [5, 5.41) is 7.18. The van der Waals surface area contributed by atoms with Crippen LogP contribution >= 0.6 is 15.9 Å². The van der Waals surface area contributed by atoms with Crippen molar-refractivity contribution in [3.05, 3.63) is 70.1 Å². The van der Waals surface area contributed by atoms with Gasteiger partial charge in [-0.15, -0.1) is 0 Å². The Morgan fingerprint density at radius 3 is 2.50 bits per heavy atom. The van der Waals surface area contributed by atoms with Gasteiger partial charge in [0.15, 0.2) is 10.4 Å². The predicted octanol–water partition coefficient (Wildman–Crippen LogP) is 4.63. The van der Waals surface area contributed by atoms with E-state index in [4.69, 9.17) is 4.74 Å². The Bertz CT molecular complexity index is 1550. The molecule has 38 heavy (non-hydrogen) atoms. The van der Waals surface area contributed by atoms with Crippen molar-refractivity contribution in [1.29, 1.82) is 0 Å². The largest absolute Gasteiger partial charge is 0.447 e. The molecule has 2 aromatic carbocycles. The zero-order chi connectivity index (χ0) is 27.6. The Kier molecular flexibility index (Phi) is 7.76. The van der Waals surface area contributed by atoms with Crippen LogP contribution in [-0.2, 0) is 14.3 Å². The molecule has 0 aliphatic heterocycles. The number of nitrogens with zero attached hydrogens (tertiary/aromatic N) is 6. The number of halogens is 3. The van der Waals surface area contributed by atoms with Crippen LogP contribution in [0.1, 0.15) is 24.2 Å². The van der Waals surface area contributed by atoms with E-state index < -0.39 is 29.6 Å². The summed E-state index contributed by atoms with van der Waals surface area (Å²) < 4.78 is 34.7. The third-order valence-corrected chi connectivity index (χ3v) is 5.75. The fourth-order valence-electron chi connectivity index (χ4n) is 3.68. The van der Waals surface area contributed by atoms with Crippen molar-refractivity contribution in [3.63, 3.8) is 0 Å². The van der Waals surface area contributed by atoms with Crippen LogP contribution in [0, 0.1) is 18.6 Å². The molecular weight excluding hydrogens is 564 g/mol. The van der Waals surface area contributed by atoms with Gasteiger partial charge >= 0.3 is 5.97 Å². The lowest BCUT2D eigenvalue weighted by Crippen LogP contribution is -2.25. The number of hydrogen-bond acceptors (Lipinski definition) is 7. The standard InChI is InChI=1S/C25H22BrF2N7O3/c1-13-7-18(32-25(37)22(38-14(2)36)15-8-16(27)10-17(28)9-15)5-6-19(13)35-21-20(23(26)33-35)29-11-30-24(21)31-12-34(3)4/h5-12,22H,1-4H3,(H,32,37)/b31-12+. The Morgan fingerprint density at radius 2 is 1.87 bits per heavy atom. The Balaban J connectivity index is 1.68. The Morgan fingerprint density at radius 1 is 1.16 bits per heavy atom. The van der Waals surface area contributed by atoms with Gasteiger partial charge in [0.2, 0.25) is 6.10 Å². The molecule has 1 atom stereocenters. The van der Waals surface area contributed by atoms with Gasteiger partial charge in [-0.25, -0.2) is 28.4 Å². The van der Waals surface area contributed by atoms with E-state index in [2.05, 4.69) is 41.3 Å². The molecule has 0 saturated heterocycles. The zero-order valence-electron chi connectivity index (χ0n) is 20.7. The maximum atomic E-state index is 13.8. The van der Waals surface area contributed by atoms with E-state index in [1.54, 1.807) is 34.1 Å². The number of fused-ring (bicyclic) bond motifs is 1. The van der Waals surface area contributed by atoms with E-state index in [1.807, 2.05) is 21.0 Å². The number of hydrogen-bond donors (Lipinski definition) is 1. The molecule has 1 N–H and O–H groups in total. The molecule has 4 rings (SSSR count). The first-order valence-electron chi connectivity index (χ1n) is 11.2. The number of aromatic nitrogens is 4. The molecule has 0 spiro atoms. The van der Waals surface area contributed by atoms with Crippen molar-refractivity contribution in [1.82, 2.24) is 24.6 Å². The molecule has 2 heterocycles. The van der Waals surface area contributed by atoms with Gasteiger partial charge in [-0.05, 0) is 58.7 Å². The average molecular weight is 586 g/mol. The second-order valence-electron chi connectivity index (χ2n) is 8.49. The lowest BCUT2D eigenvalue weighted by Gasteiger charge is -2.18. The number of esters is 1. The van der Waals surface area contributed by atoms with Crippen molar-refractivity contribution in [2.24, 2.45) is 4.99 Å². The second-order valence-corrected chi connectivity index (χ2v) is 9.24. The number of anilines is 1. The third-order valence-electron chi connectivity index (χ3n) is 5.21. The molecule has 0 aliphatic rings. The first-order valence-corrected chi connectivity index (χ1v) is 12.0. The second kappa shape index (κ2) is 11.0. The van der Waals surface area contributed by atoms with Crippen LogP contribution < -0.4 is 5.32 Å². The molecule has 0 radical (unpaired) electrons. The summed E-state index contributed by atoms with van der Waals surface area (Å²) in [6, 6.07) is 7.55. The lowest BCUT2D eigenvalue weighted by molar-refractivity contribution is -0.152. The molecule has 2 aromatic heterocycles. The van der Waals surface area contributed by atoms with E-state index >= 15 is 0 Å². The van der Waals surface area contributed by atoms with Crippen molar-refractivity contribution in [2.75, 3.05) is 19.4 Å². The summed E-state index contributed by atoms with van der Waals surface area (Å²) in [4.78, 5) is 39.4. The molecule has 0 bridgehead atoms. The number of rotatable bonds is 7. The maximum absolute atomic E-state index is 13.8. The molecule has 1 unspecified atom stereocenters. The smallest absolute Gasteiger partial charge is 0.303 e. The normalized spacial score (nSPS) is 12.1. The highest BCUT2D eigenvalue weighted by Crippen LogP contribution is 2.32. The number of nitrogens with one attached hydrogen (secondary N) is 1. The summed E-state index contributed by atoms with van der Waals surface area (Å²) in [7, 11) is 3.67. The minimum Gasteiger partial charge on any atom is -0.447 e. The zero-order valence-corrected chi connectivity index (χ0v) is 22.3. The van der Waals surface area contributed by atoms with E-state index in [0.717, 1.165) is 19.1 Å². The van der Waals surface area contributed by atoms with Gasteiger partial charge in [0.1, 0.15) is 29.0 Å². The topological polar surface area (TPSA) is 115 Å². The maximum Gasteiger partial charge on any atom is 0.303 e. The summed E-state index contributed by atoms with van der Waals surface area (Å²) >= 11 is 3.43. The number of ether oxygens (including phenoxy) is 1. The van der Waals surface area contributed by atoms with Crippen molar-refractivity contribution in [3.8, 4) is 5.69 Å². The fraction of sp³-hybridized carbons (Fsp3) is 0.200. The minimum atomic E-state index is -1.56. The van der Waals surface area contributed by atoms with Crippen molar-refractivity contribution >= 4 is 56.7 Å². The molecule has 13 heteroatoms. The van der Waals surface area contributed by atoms with Gasteiger partial charge in [0.05, 0.1) is 12.0 Å². The molecule has 1 amide bonds. The van der Waals surface area contributed by atoms with Gasteiger partial charge in [-0.2, -0.15) is 5.10 Å². The predicted molar refractivity (Wildman–Crippen MR) is 140 cm³/mol. The Hall–Kier alpha value is -4.26. The molecule has 0 fully saturated rings. The molecular formula is C25H22BrF2N7O3. The van der Waals surface area contributed by atoms with E-state index in [-0.39, 0.29) is 5.56 Å². The third kappa shape index (κ3) is 5.83. The number of amides is 1. The summed E-state index contributed by atoms with van der Waals surface area (Å²) in [6.07, 6.45) is 1.46. The summed E-state index contributed by atoms with van der Waals surface area (Å²) in [6.45, 7) is 2.91. The van der Waals surface area contributed by atoms with Crippen LogP contribution in [-0.4, -0.2) is 57.0 Å². The number of carbonyl (C=O) groups is 2. The molecule has 196 valence electrons. The number of carbonyl (C=O) groups excluding carboxylic acids is 2. The van der Waals surface area contributed by atoms with Crippen molar-refractivity contribution in [2.45, 2.75) is 20.0 Å². The van der Waals surface area contributed by atoms with Crippen LogP contribution in [0.2, 0.25) is 0 Å². The van der Waals surface area contributed by atoms with Crippen LogP contribution in [0.3, 0.4) is 0 Å². The molecule has 4 aromatic rings. The quantitative estimate of drug-likeness (QED) is 0.191. The van der Waals surface area contributed by atoms with Crippen LogP contribution in [0.4, 0.5) is 20.3 Å². The molecule has 0 saturated carbocycles.